The van der Waals surface area contributed by atoms with Crippen LogP contribution in [0.25, 0.3) is 0 Å². The summed E-state index contributed by atoms with van der Waals surface area (Å²) in [7, 11) is 1.63. The summed E-state index contributed by atoms with van der Waals surface area (Å²) in [6, 6.07) is 13.4. The van der Waals surface area contributed by atoms with E-state index in [1.54, 1.807) is 7.11 Å². The fraction of sp³-hybridized carbons (Fsp3) is 0.200. The van der Waals surface area contributed by atoms with Gasteiger partial charge in [0.15, 0.2) is 12.4 Å². The molecule has 1 N–H and O–H groups in total. The van der Waals surface area contributed by atoms with E-state index < -0.39 is 0 Å². The van der Waals surface area contributed by atoms with Gasteiger partial charge in [0.05, 0.1) is 7.11 Å². The Bertz CT molecular complexity index is 541. The number of rotatable bonds is 5. The molecular formula is C15H17N2O2+. The highest BCUT2D eigenvalue weighted by atomic mass is 16.5. The smallest absolute Gasteiger partial charge is 0.286 e. The topological polar surface area (TPSA) is 42.2 Å². The van der Waals surface area contributed by atoms with Crippen molar-refractivity contribution >= 4 is 5.91 Å². The number of ether oxygens (including phenoxy) is 1. The number of methoxy groups -OCH3 is 1. The molecule has 19 heavy (non-hydrogen) atoms. The molecule has 0 radical (unpaired) electrons. The Morgan fingerprint density at radius 3 is 2.74 bits per heavy atom. The summed E-state index contributed by atoms with van der Waals surface area (Å²) in [5, 5.41) is 2.88. The molecule has 2 rings (SSSR count). The van der Waals surface area contributed by atoms with Crippen molar-refractivity contribution in [2.45, 2.75) is 13.1 Å². The van der Waals surface area contributed by atoms with Gasteiger partial charge < -0.3 is 10.1 Å². The van der Waals surface area contributed by atoms with Gasteiger partial charge in [0, 0.05) is 18.7 Å². The molecule has 0 spiro atoms. The first-order valence-electron chi connectivity index (χ1n) is 6.11. The first-order chi connectivity index (χ1) is 9.28. The Hall–Kier alpha value is -2.36. The van der Waals surface area contributed by atoms with Gasteiger partial charge in [0.1, 0.15) is 5.75 Å². The van der Waals surface area contributed by atoms with Crippen LogP contribution in [0.1, 0.15) is 5.56 Å². The fourth-order valence-corrected chi connectivity index (χ4v) is 1.74. The zero-order valence-electron chi connectivity index (χ0n) is 10.9. The van der Waals surface area contributed by atoms with Gasteiger partial charge in [-0.3, -0.25) is 4.79 Å². The third kappa shape index (κ3) is 4.10. The van der Waals surface area contributed by atoms with Crippen LogP contribution in [0.2, 0.25) is 0 Å². The molecule has 0 bridgehead atoms. The number of hydrogen-bond acceptors (Lipinski definition) is 2. The van der Waals surface area contributed by atoms with Crippen LogP contribution in [0.4, 0.5) is 0 Å². The molecule has 1 aromatic heterocycles. The second-order valence-corrected chi connectivity index (χ2v) is 4.18. The SMILES string of the molecule is COc1cccc(CNC(=O)C[n+]2ccccc2)c1. The molecule has 1 heterocycles. The zero-order chi connectivity index (χ0) is 13.5. The summed E-state index contributed by atoms with van der Waals surface area (Å²) in [4.78, 5) is 11.8. The third-order valence-electron chi connectivity index (χ3n) is 2.73. The van der Waals surface area contributed by atoms with E-state index in [0.717, 1.165) is 11.3 Å². The standard InChI is InChI=1S/C15H16N2O2/c1-19-14-7-5-6-13(10-14)11-16-15(18)12-17-8-3-2-4-9-17/h2-10H,11-12H2,1H3/p+1. The molecule has 0 aliphatic carbocycles. The lowest BCUT2D eigenvalue weighted by Crippen LogP contribution is -2.41. The van der Waals surface area contributed by atoms with Crippen LogP contribution < -0.4 is 14.6 Å². The molecule has 0 unspecified atom stereocenters. The van der Waals surface area contributed by atoms with Crippen molar-refractivity contribution in [3.63, 3.8) is 0 Å². The Morgan fingerprint density at radius 2 is 2.00 bits per heavy atom. The molecular weight excluding hydrogens is 240 g/mol. The van der Waals surface area contributed by atoms with E-state index in [0.29, 0.717) is 13.1 Å². The molecule has 0 fully saturated rings. The summed E-state index contributed by atoms with van der Waals surface area (Å²) < 4.78 is 6.97. The second kappa shape index (κ2) is 6.54. The lowest BCUT2D eigenvalue weighted by Gasteiger charge is -2.05. The Labute approximate surface area is 112 Å². The van der Waals surface area contributed by atoms with Crippen molar-refractivity contribution in [3.05, 3.63) is 60.4 Å². The first kappa shape index (κ1) is 13.1. The van der Waals surface area contributed by atoms with Crippen molar-refractivity contribution in [2.24, 2.45) is 0 Å². The van der Waals surface area contributed by atoms with E-state index in [1.165, 1.54) is 0 Å². The van der Waals surface area contributed by atoms with Gasteiger partial charge in [-0.1, -0.05) is 18.2 Å². The quantitative estimate of drug-likeness (QED) is 0.820. The van der Waals surface area contributed by atoms with Crippen LogP contribution >= 0.6 is 0 Å². The number of benzene rings is 1. The number of nitrogens with zero attached hydrogens (tertiary/aromatic N) is 1. The number of amides is 1. The zero-order valence-corrected chi connectivity index (χ0v) is 10.9. The van der Waals surface area contributed by atoms with Crippen molar-refractivity contribution < 1.29 is 14.1 Å². The van der Waals surface area contributed by atoms with Crippen molar-refractivity contribution in [2.75, 3.05) is 7.11 Å². The van der Waals surface area contributed by atoms with Gasteiger partial charge in [0.25, 0.3) is 5.91 Å². The number of carbonyl (C=O) groups is 1. The van der Waals surface area contributed by atoms with E-state index in [4.69, 9.17) is 4.74 Å². The van der Waals surface area contributed by atoms with Gasteiger partial charge in [-0.15, -0.1) is 0 Å². The van der Waals surface area contributed by atoms with E-state index in [1.807, 2.05) is 59.4 Å². The number of carbonyl (C=O) groups excluding carboxylic acids is 1. The van der Waals surface area contributed by atoms with Crippen molar-refractivity contribution in [1.29, 1.82) is 0 Å². The number of aromatic nitrogens is 1. The maximum atomic E-state index is 11.8. The van der Waals surface area contributed by atoms with Crippen LogP contribution in [0.15, 0.2) is 54.9 Å². The van der Waals surface area contributed by atoms with E-state index in [2.05, 4.69) is 5.32 Å². The highest BCUT2D eigenvalue weighted by Crippen LogP contribution is 2.11. The van der Waals surface area contributed by atoms with Crippen LogP contribution in [-0.4, -0.2) is 13.0 Å². The molecule has 0 aliphatic heterocycles. The number of hydrogen-bond donors (Lipinski definition) is 1. The minimum atomic E-state index is -0.0148. The lowest BCUT2D eigenvalue weighted by molar-refractivity contribution is -0.684. The number of pyridine rings is 1. The van der Waals surface area contributed by atoms with E-state index in [9.17, 15) is 4.79 Å². The van der Waals surface area contributed by atoms with Crippen LogP contribution in [0, 0.1) is 0 Å². The molecule has 0 saturated heterocycles. The van der Waals surface area contributed by atoms with Crippen LogP contribution in [0.5, 0.6) is 5.75 Å². The fourth-order valence-electron chi connectivity index (χ4n) is 1.74. The van der Waals surface area contributed by atoms with Gasteiger partial charge >= 0.3 is 0 Å². The summed E-state index contributed by atoms with van der Waals surface area (Å²) in [6.07, 6.45) is 3.73. The normalized spacial score (nSPS) is 9.95. The Morgan fingerprint density at radius 1 is 1.21 bits per heavy atom. The van der Waals surface area contributed by atoms with Gasteiger partial charge in [-0.25, -0.2) is 0 Å². The predicted molar refractivity (Wildman–Crippen MR) is 71.5 cm³/mol. The molecule has 4 nitrogen and oxygen atoms in total. The minimum absolute atomic E-state index is 0.0148. The molecule has 0 aliphatic rings. The number of nitrogens with one attached hydrogen (secondary N) is 1. The van der Waals surface area contributed by atoms with Crippen LogP contribution in [0.3, 0.4) is 0 Å². The highest BCUT2D eigenvalue weighted by Gasteiger charge is 2.07. The third-order valence-corrected chi connectivity index (χ3v) is 2.73. The summed E-state index contributed by atoms with van der Waals surface area (Å²) in [5.41, 5.74) is 1.02. The molecule has 1 aromatic carbocycles. The second-order valence-electron chi connectivity index (χ2n) is 4.18. The molecule has 98 valence electrons. The molecule has 0 saturated carbocycles. The average Bonchev–Trinajstić information content (AvgIpc) is 2.46. The van der Waals surface area contributed by atoms with Crippen molar-refractivity contribution in [1.82, 2.24) is 5.32 Å². The van der Waals surface area contributed by atoms with E-state index in [-0.39, 0.29) is 5.91 Å². The maximum absolute atomic E-state index is 11.8. The van der Waals surface area contributed by atoms with Crippen LogP contribution in [-0.2, 0) is 17.9 Å². The summed E-state index contributed by atoms with van der Waals surface area (Å²) >= 11 is 0. The maximum Gasteiger partial charge on any atom is 0.286 e. The first-order valence-corrected chi connectivity index (χ1v) is 6.11. The van der Waals surface area contributed by atoms with E-state index >= 15 is 0 Å². The minimum Gasteiger partial charge on any atom is -0.497 e. The monoisotopic (exact) mass is 257 g/mol. The average molecular weight is 257 g/mol. The van der Waals surface area contributed by atoms with Gasteiger partial charge in [-0.2, -0.15) is 4.57 Å². The predicted octanol–water partition coefficient (Wildman–Crippen LogP) is 1.30. The lowest BCUT2D eigenvalue weighted by atomic mass is 10.2. The summed E-state index contributed by atoms with van der Waals surface area (Å²) in [5.74, 6) is 0.781. The molecule has 2 aromatic rings. The highest BCUT2D eigenvalue weighted by molar-refractivity contribution is 5.74. The van der Waals surface area contributed by atoms with Crippen molar-refractivity contribution in [3.8, 4) is 5.75 Å². The Balaban J connectivity index is 1.86. The molecule has 4 heteroatoms. The molecule has 0 atom stereocenters. The Kier molecular flexibility index (Phi) is 4.50. The summed E-state index contributed by atoms with van der Waals surface area (Å²) in [6.45, 7) is 0.828. The largest absolute Gasteiger partial charge is 0.497 e. The van der Waals surface area contributed by atoms with Gasteiger partial charge in [-0.05, 0) is 17.7 Å². The van der Waals surface area contributed by atoms with Gasteiger partial charge in [0.2, 0.25) is 6.54 Å². The molecule has 1 amide bonds.